The number of hydrogen-bond acceptors (Lipinski definition) is 4. The zero-order valence-electron chi connectivity index (χ0n) is 14.4. The van der Waals surface area contributed by atoms with Crippen LogP contribution in [0.2, 0.25) is 0 Å². The summed E-state index contributed by atoms with van der Waals surface area (Å²) >= 11 is 0. The number of carbonyl (C=O) groups is 1. The van der Waals surface area contributed by atoms with Crippen LogP contribution in [0.3, 0.4) is 0 Å². The van der Waals surface area contributed by atoms with Crippen molar-refractivity contribution in [3.05, 3.63) is 54.6 Å². The normalized spacial score (nSPS) is 9.56. The number of halogens is 2. The van der Waals surface area contributed by atoms with Crippen LogP contribution in [0.25, 0.3) is 0 Å². The van der Waals surface area contributed by atoms with E-state index in [-0.39, 0.29) is 37.3 Å². The van der Waals surface area contributed by atoms with Gasteiger partial charge in [-0.2, -0.15) is 0 Å². The number of ether oxygens (including phenoxy) is 1. The zero-order valence-corrected chi connectivity index (χ0v) is 16.0. The number of nitrogens with zero attached hydrogens (tertiary/aromatic N) is 1. The molecule has 5 nitrogen and oxygen atoms in total. The Morgan fingerprint density at radius 3 is 2.20 bits per heavy atom. The molecule has 2 aromatic carbocycles. The van der Waals surface area contributed by atoms with Crippen molar-refractivity contribution in [3.8, 4) is 5.75 Å². The highest BCUT2D eigenvalue weighted by Crippen LogP contribution is 2.15. The Morgan fingerprint density at radius 2 is 1.60 bits per heavy atom. The van der Waals surface area contributed by atoms with Gasteiger partial charge in [-0.05, 0) is 50.5 Å². The minimum atomic E-state index is -0.0878. The highest BCUT2D eigenvalue weighted by atomic mass is 35.5. The number of hydrogen-bond donors (Lipinski definition) is 2. The Labute approximate surface area is 161 Å². The first kappa shape index (κ1) is 23.1. The molecule has 7 heteroatoms. The fourth-order valence-electron chi connectivity index (χ4n) is 1.92. The molecule has 0 aromatic heterocycles. The van der Waals surface area contributed by atoms with Crippen molar-refractivity contribution in [2.24, 2.45) is 0 Å². The maximum atomic E-state index is 11.9. The first-order valence-electron chi connectivity index (χ1n) is 7.60. The second-order valence-corrected chi connectivity index (χ2v) is 5.44. The average molecular weight is 386 g/mol. The predicted octanol–water partition coefficient (Wildman–Crippen LogP) is 3.52. The number of rotatable bonds is 8. The molecular formula is C18H25Cl2N3O2. The van der Waals surface area contributed by atoms with Gasteiger partial charge in [0.05, 0.1) is 6.54 Å². The Balaban J connectivity index is 0.00000288. The molecule has 0 heterocycles. The van der Waals surface area contributed by atoms with Gasteiger partial charge in [-0.15, -0.1) is 24.8 Å². The van der Waals surface area contributed by atoms with E-state index in [1.165, 1.54) is 0 Å². The van der Waals surface area contributed by atoms with Gasteiger partial charge in [0.2, 0.25) is 5.91 Å². The maximum absolute atomic E-state index is 11.9. The van der Waals surface area contributed by atoms with Crippen molar-refractivity contribution in [2.75, 3.05) is 44.4 Å². The van der Waals surface area contributed by atoms with Crippen LogP contribution in [-0.2, 0) is 4.79 Å². The Morgan fingerprint density at radius 1 is 0.960 bits per heavy atom. The SMILES string of the molecule is CN(C)CCOc1ccc(NC(=O)CNc2ccccc2)cc1.Cl.Cl. The number of nitrogens with one attached hydrogen (secondary N) is 2. The number of likely N-dealkylation sites (N-methyl/N-ethyl adjacent to an activating group) is 1. The van der Waals surface area contributed by atoms with Crippen molar-refractivity contribution < 1.29 is 9.53 Å². The molecule has 0 aliphatic heterocycles. The summed E-state index contributed by atoms with van der Waals surface area (Å²) in [5.41, 5.74) is 1.68. The summed E-state index contributed by atoms with van der Waals surface area (Å²) in [6.45, 7) is 1.73. The summed E-state index contributed by atoms with van der Waals surface area (Å²) in [5, 5.41) is 5.92. The van der Waals surface area contributed by atoms with Gasteiger partial charge >= 0.3 is 0 Å². The summed E-state index contributed by atoms with van der Waals surface area (Å²) in [4.78, 5) is 14.0. The molecular weight excluding hydrogens is 361 g/mol. The zero-order chi connectivity index (χ0) is 16.5. The topological polar surface area (TPSA) is 53.6 Å². The molecule has 0 aliphatic rings. The Kier molecular flexibility index (Phi) is 11.4. The molecule has 25 heavy (non-hydrogen) atoms. The van der Waals surface area contributed by atoms with E-state index in [1.54, 1.807) is 0 Å². The van der Waals surface area contributed by atoms with Crippen LogP contribution in [0.4, 0.5) is 11.4 Å². The lowest BCUT2D eigenvalue weighted by molar-refractivity contribution is -0.114. The largest absolute Gasteiger partial charge is 0.492 e. The molecule has 0 fully saturated rings. The van der Waals surface area contributed by atoms with Crippen LogP contribution in [0.5, 0.6) is 5.75 Å². The van der Waals surface area contributed by atoms with E-state index >= 15 is 0 Å². The summed E-state index contributed by atoms with van der Waals surface area (Å²) < 4.78 is 5.62. The van der Waals surface area contributed by atoms with Crippen molar-refractivity contribution in [1.29, 1.82) is 0 Å². The lowest BCUT2D eigenvalue weighted by atomic mass is 10.3. The van der Waals surface area contributed by atoms with Gasteiger partial charge in [0, 0.05) is 17.9 Å². The van der Waals surface area contributed by atoms with Crippen molar-refractivity contribution in [1.82, 2.24) is 4.90 Å². The van der Waals surface area contributed by atoms with Gasteiger partial charge in [-0.25, -0.2) is 0 Å². The van der Waals surface area contributed by atoms with E-state index < -0.39 is 0 Å². The molecule has 2 aromatic rings. The molecule has 0 spiro atoms. The highest BCUT2D eigenvalue weighted by molar-refractivity contribution is 5.93. The van der Waals surface area contributed by atoms with Crippen molar-refractivity contribution in [2.45, 2.75) is 0 Å². The smallest absolute Gasteiger partial charge is 0.243 e. The third-order valence-corrected chi connectivity index (χ3v) is 3.17. The van der Waals surface area contributed by atoms with Crippen LogP contribution in [-0.4, -0.2) is 44.6 Å². The molecule has 0 radical (unpaired) electrons. The summed E-state index contributed by atoms with van der Waals surface area (Å²) in [6.07, 6.45) is 0. The Bertz CT molecular complexity index is 607. The van der Waals surface area contributed by atoms with Gasteiger partial charge in [-0.1, -0.05) is 18.2 Å². The molecule has 0 unspecified atom stereocenters. The van der Waals surface area contributed by atoms with E-state index in [4.69, 9.17) is 4.74 Å². The van der Waals surface area contributed by atoms with Crippen LogP contribution in [0.15, 0.2) is 54.6 Å². The van der Waals surface area contributed by atoms with Crippen LogP contribution in [0, 0.1) is 0 Å². The van der Waals surface area contributed by atoms with Crippen LogP contribution >= 0.6 is 24.8 Å². The molecule has 0 aliphatic carbocycles. The number of carbonyl (C=O) groups excluding carboxylic acids is 1. The number of anilines is 2. The second-order valence-electron chi connectivity index (χ2n) is 5.44. The lowest BCUT2D eigenvalue weighted by Gasteiger charge is -2.11. The van der Waals surface area contributed by atoms with Gasteiger partial charge in [0.1, 0.15) is 12.4 Å². The minimum Gasteiger partial charge on any atom is -0.492 e. The first-order chi connectivity index (χ1) is 11.1. The minimum absolute atomic E-state index is 0. The maximum Gasteiger partial charge on any atom is 0.243 e. The van der Waals surface area contributed by atoms with Gasteiger partial charge in [-0.3, -0.25) is 4.79 Å². The van der Waals surface area contributed by atoms with E-state index in [9.17, 15) is 4.79 Å². The van der Waals surface area contributed by atoms with Crippen LogP contribution in [0.1, 0.15) is 0 Å². The van der Waals surface area contributed by atoms with E-state index in [1.807, 2.05) is 68.7 Å². The summed E-state index contributed by atoms with van der Waals surface area (Å²) in [5.74, 6) is 0.711. The number of para-hydroxylation sites is 1. The summed E-state index contributed by atoms with van der Waals surface area (Å²) in [7, 11) is 4.01. The second kappa shape index (κ2) is 12.4. The van der Waals surface area contributed by atoms with E-state index in [2.05, 4.69) is 15.5 Å². The standard InChI is InChI=1S/C18H23N3O2.2ClH/c1-21(2)12-13-23-17-10-8-16(9-11-17)20-18(22)14-19-15-6-4-3-5-7-15;;/h3-11,19H,12-14H2,1-2H3,(H,20,22);2*1H. The Hall–Kier alpha value is -1.95. The third-order valence-electron chi connectivity index (χ3n) is 3.17. The molecule has 0 saturated heterocycles. The van der Waals surface area contributed by atoms with E-state index in [0.717, 1.165) is 23.7 Å². The van der Waals surface area contributed by atoms with Gasteiger partial charge < -0.3 is 20.3 Å². The number of amides is 1. The molecule has 2 rings (SSSR count). The third kappa shape index (κ3) is 9.19. The molecule has 2 N–H and O–H groups in total. The van der Waals surface area contributed by atoms with Crippen LogP contribution < -0.4 is 15.4 Å². The molecule has 0 saturated carbocycles. The van der Waals surface area contributed by atoms with Crippen molar-refractivity contribution in [3.63, 3.8) is 0 Å². The highest BCUT2D eigenvalue weighted by Gasteiger charge is 2.03. The fraction of sp³-hybridized carbons (Fsp3) is 0.278. The van der Waals surface area contributed by atoms with Gasteiger partial charge in [0.15, 0.2) is 0 Å². The molecule has 1 amide bonds. The van der Waals surface area contributed by atoms with E-state index in [0.29, 0.717) is 6.61 Å². The lowest BCUT2D eigenvalue weighted by Crippen LogP contribution is -2.21. The predicted molar refractivity (Wildman–Crippen MR) is 109 cm³/mol. The molecule has 138 valence electrons. The monoisotopic (exact) mass is 385 g/mol. The first-order valence-corrected chi connectivity index (χ1v) is 7.60. The fourth-order valence-corrected chi connectivity index (χ4v) is 1.92. The number of benzene rings is 2. The van der Waals surface area contributed by atoms with Crippen molar-refractivity contribution >= 4 is 42.1 Å². The quantitative estimate of drug-likeness (QED) is 0.729. The molecule has 0 bridgehead atoms. The van der Waals surface area contributed by atoms with Gasteiger partial charge in [0.25, 0.3) is 0 Å². The molecule has 0 atom stereocenters. The summed E-state index contributed by atoms with van der Waals surface area (Å²) in [6, 6.07) is 17.0. The average Bonchev–Trinajstić information content (AvgIpc) is 2.55.